The van der Waals surface area contributed by atoms with Gasteiger partial charge in [-0.1, -0.05) is 28.9 Å². The zero-order chi connectivity index (χ0) is 18.3. The Kier molecular flexibility index (Phi) is 4.07. The Balaban J connectivity index is 1.55. The molecule has 5 nitrogen and oxygen atoms in total. The first-order valence-corrected chi connectivity index (χ1v) is 8.79. The Morgan fingerprint density at radius 1 is 1.04 bits per heavy atom. The van der Waals surface area contributed by atoms with Crippen LogP contribution in [0.5, 0.6) is 0 Å². The molecule has 1 fully saturated rings. The average molecular weight is 347 g/mol. The highest BCUT2D eigenvalue weighted by molar-refractivity contribution is 5.96. The summed E-state index contributed by atoms with van der Waals surface area (Å²) >= 11 is 0. The summed E-state index contributed by atoms with van der Waals surface area (Å²) in [6.45, 7) is 6.74. The molecule has 5 heteroatoms. The van der Waals surface area contributed by atoms with Crippen LogP contribution in [0.3, 0.4) is 0 Å². The van der Waals surface area contributed by atoms with Gasteiger partial charge in [-0.2, -0.15) is 4.98 Å². The highest BCUT2D eigenvalue weighted by Crippen LogP contribution is 2.31. The van der Waals surface area contributed by atoms with Crippen LogP contribution in [0.25, 0.3) is 11.5 Å². The minimum Gasteiger partial charge on any atom is -0.334 e. The lowest BCUT2D eigenvalue weighted by atomic mass is 10.1. The summed E-state index contributed by atoms with van der Waals surface area (Å²) in [6.07, 6.45) is 0.403. The van der Waals surface area contributed by atoms with Crippen LogP contribution >= 0.6 is 0 Å². The first kappa shape index (κ1) is 16.5. The summed E-state index contributed by atoms with van der Waals surface area (Å²) < 4.78 is 5.46. The molecule has 0 N–H and O–H groups in total. The number of carbonyl (C=O) groups excluding carboxylic acids is 1. The molecule has 1 aliphatic rings. The predicted octanol–water partition coefficient (Wildman–Crippen LogP) is 4.18. The van der Waals surface area contributed by atoms with Crippen LogP contribution in [0.2, 0.25) is 0 Å². The first-order valence-electron chi connectivity index (χ1n) is 8.79. The van der Waals surface area contributed by atoms with Crippen molar-refractivity contribution in [1.29, 1.82) is 0 Å². The van der Waals surface area contributed by atoms with Crippen molar-refractivity contribution in [2.45, 2.75) is 33.1 Å². The third-order valence-electron chi connectivity index (χ3n) is 5.03. The molecule has 2 heterocycles. The molecule has 0 aliphatic carbocycles. The second-order valence-electron chi connectivity index (χ2n) is 7.00. The topological polar surface area (TPSA) is 59.2 Å². The minimum atomic E-state index is -0.0483. The van der Waals surface area contributed by atoms with E-state index in [0.717, 1.165) is 11.3 Å². The van der Waals surface area contributed by atoms with Crippen molar-refractivity contribution in [1.82, 2.24) is 10.1 Å². The van der Waals surface area contributed by atoms with E-state index in [4.69, 9.17) is 4.52 Å². The monoisotopic (exact) mass is 347 g/mol. The van der Waals surface area contributed by atoms with Gasteiger partial charge in [0, 0.05) is 30.1 Å². The number of hydrogen-bond donors (Lipinski definition) is 0. The van der Waals surface area contributed by atoms with Gasteiger partial charge in [0.25, 0.3) is 5.89 Å². The van der Waals surface area contributed by atoms with Gasteiger partial charge in [0.1, 0.15) is 0 Å². The molecule has 2 aromatic carbocycles. The first-order chi connectivity index (χ1) is 12.5. The Bertz CT molecular complexity index is 960. The highest BCUT2D eigenvalue weighted by atomic mass is 16.5. The molecule has 1 atom stereocenters. The zero-order valence-corrected chi connectivity index (χ0v) is 15.2. The lowest BCUT2D eigenvalue weighted by molar-refractivity contribution is -0.117. The quantitative estimate of drug-likeness (QED) is 0.713. The second kappa shape index (κ2) is 6.41. The van der Waals surface area contributed by atoms with E-state index in [1.54, 1.807) is 4.90 Å². The molecule has 0 spiro atoms. The van der Waals surface area contributed by atoms with Gasteiger partial charge in [-0.05, 0) is 56.2 Å². The van der Waals surface area contributed by atoms with Gasteiger partial charge in [0.05, 0.1) is 0 Å². The summed E-state index contributed by atoms with van der Waals surface area (Å²) in [5.74, 6) is 1.15. The Morgan fingerprint density at radius 2 is 1.81 bits per heavy atom. The van der Waals surface area contributed by atoms with E-state index >= 15 is 0 Å². The summed E-state index contributed by atoms with van der Waals surface area (Å²) in [5, 5.41) is 4.14. The minimum absolute atomic E-state index is 0.0483. The zero-order valence-electron chi connectivity index (χ0n) is 15.2. The molecule has 0 unspecified atom stereocenters. The summed E-state index contributed by atoms with van der Waals surface area (Å²) in [7, 11) is 0. The summed E-state index contributed by atoms with van der Waals surface area (Å²) in [6, 6.07) is 14.1. The van der Waals surface area contributed by atoms with Crippen molar-refractivity contribution in [3.05, 3.63) is 65.0 Å². The number of carbonyl (C=O) groups is 1. The molecule has 1 aromatic heterocycles. The van der Waals surface area contributed by atoms with Crippen LogP contribution in [0, 0.1) is 20.8 Å². The molecule has 1 aliphatic heterocycles. The Morgan fingerprint density at radius 3 is 2.54 bits per heavy atom. The summed E-state index contributed by atoms with van der Waals surface area (Å²) in [4.78, 5) is 18.8. The fraction of sp³-hybridized carbons (Fsp3) is 0.286. The van der Waals surface area contributed by atoms with Gasteiger partial charge in [0.15, 0.2) is 5.82 Å². The van der Waals surface area contributed by atoms with E-state index in [-0.39, 0.29) is 11.8 Å². The standard InChI is InChI=1S/C21H21N3O2/c1-13-4-8-18(9-5-13)24-12-17(11-19(24)25)20-22-21(26-23-20)16-7-6-14(2)15(3)10-16/h4-10,17H,11-12H2,1-3H3/t17-/m1/s1. The lowest BCUT2D eigenvalue weighted by Crippen LogP contribution is -2.24. The van der Waals surface area contributed by atoms with E-state index in [1.807, 2.05) is 49.4 Å². The molecule has 0 saturated carbocycles. The number of nitrogens with zero attached hydrogens (tertiary/aromatic N) is 3. The van der Waals surface area contributed by atoms with Gasteiger partial charge in [-0.3, -0.25) is 4.79 Å². The average Bonchev–Trinajstić information content (AvgIpc) is 3.25. The maximum Gasteiger partial charge on any atom is 0.257 e. The van der Waals surface area contributed by atoms with Crippen LogP contribution in [-0.4, -0.2) is 22.6 Å². The van der Waals surface area contributed by atoms with Crippen LogP contribution in [0.15, 0.2) is 47.0 Å². The fourth-order valence-corrected chi connectivity index (χ4v) is 3.25. The number of amides is 1. The van der Waals surface area contributed by atoms with Crippen molar-refractivity contribution in [3.63, 3.8) is 0 Å². The van der Waals surface area contributed by atoms with Gasteiger partial charge in [0.2, 0.25) is 5.91 Å². The molecule has 0 bridgehead atoms. The molecular formula is C21H21N3O2. The van der Waals surface area contributed by atoms with Crippen molar-refractivity contribution in [3.8, 4) is 11.5 Å². The van der Waals surface area contributed by atoms with Crippen molar-refractivity contribution >= 4 is 11.6 Å². The molecule has 132 valence electrons. The third kappa shape index (κ3) is 3.01. The second-order valence-corrected chi connectivity index (χ2v) is 7.00. The fourth-order valence-electron chi connectivity index (χ4n) is 3.25. The predicted molar refractivity (Wildman–Crippen MR) is 100 cm³/mol. The third-order valence-corrected chi connectivity index (χ3v) is 5.03. The molecular weight excluding hydrogens is 326 g/mol. The number of benzene rings is 2. The van der Waals surface area contributed by atoms with E-state index in [1.165, 1.54) is 16.7 Å². The molecule has 4 rings (SSSR count). The van der Waals surface area contributed by atoms with E-state index in [9.17, 15) is 4.79 Å². The number of aryl methyl sites for hydroxylation is 3. The van der Waals surface area contributed by atoms with Crippen LogP contribution in [-0.2, 0) is 4.79 Å². The lowest BCUT2D eigenvalue weighted by Gasteiger charge is -2.16. The normalized spacial score (nSPS) is 17.1. The molecule has 0 radical (unpaired) electrons. The SMILES string of the molecule is Cc1ccc(N2C[C@H](c3noc(-c4ccc(C)c(C)c4)n3)CC2=O)cc1. The largest absolute Gasteiger partial charge is 0.334 e. The highest BCUT2D eigenvalue weighted by Gasteiger charge is 2.34. The number of anilines is 1. The van der Waals surface area contributed by atoms with Crippen LogP contribution in [0.4, 0.5) is 5.69 Å². The van der Waals surface area contributed by atoms with E-state index < -0.39 is 0 Å². The van der Waals surface area contributed by atoms with Gasteiger partial charge in [-0.25, -0.2) is 0 Å². The smallest absolute Gasteiger partial charge is 0.257 e. The maximum absolute atomic E-state index is 12.4. The maximum atomic E-state index is 12.4. The molecule has 26 heavy (non-hydrogen) atoms. The van der Waals surface area contributed by atoms with E-state index in [0.29, 0.717) is 24.7 Å². The van der Waals surface area contributed by atoms with Gasteiger partial charge in [-0.15, -0.1) is 0 Å². The molecule has 1 amide bonds. The van der Waals surface area contributed by atoms with Gasteiger partial charge >= 0.3 is 0 Å². The Labute approximate surface area is 152 Å². The molecule has 1 saturated heterocycles. The number of aromatic nitrogens is 2. The van der Waals surface area contributed by atoms with Crippen molar-refractivity contribution in [2.24, 2.45) is 0 Å². The van der Waals surface area contributed by atoms with E-state index in [2.05, 4.69) is 24.0 Å². The molecule has 3 aromatic rings. The van der Waals surface area contributed by atoms with Crippen LogP contribution < -0.4 is 4.90 Å². The van der Waals surface area contributed by atoms with Crippen molar-refractivity contribution < 1.29 is 9.32 Å². The van der Waals surface area contributed by atoms with Crippen LogP contribution in [0.1, 0.15) is 34.9 Å². The number of hydrogen-bond acceptors (Lipinski definition) is 4. The van der Waals surface area contributed by atoms with Crippen molar-refractivity contribution in [2.75, 3.05) is 11.4 Å². The Hall–Kier alpha value is -2.95. The number of rotatable bonds is 3. The van der Waals surface area contributed by atoms with Gasteiger partial charge < -0.3 is 9.42 Å². The summed E-state index contributed by atoms with van der Waals surface area (Å²) in [5.41, 5.74) is 5.41.